The first kappa shape index (κ1) is 18.2. The molecule has 0 bridgehead atoms. The van der Waals surface area contributed by atoms with Gasteiger partial charge in [-0.3, -0.25) is 9.69 Å². The van der Waals surface area contributed by atoms with E-state index in [1.165, 1.54) is 0 Å². The van der Waals surface area contributed by atoms with E-state index in [1.54, 1.807) is 42.3 Å². The number of hydrogen-bond donors (Lipinski definition) is 0. The van der Waals surface area contributed by atoms with Crippen molar-refractivity contribution in [1.82, 2.24) is 19.6 Å². The predicted molar refractivity (Wildman–Crippen MR) is 105 cm³/mol. The predicted octanol–water partition coefficient (Wildman–Crippen LogP) is 1.89. The number of fused-ring (bicyclic) bond motifs is 1. The van der Waals surface area contributed by atoms with Gasteiger partial charge in [-0.1, -0.05) is 5.16 Å². The molecule has 0 radical (unpaired) electrons. The molecule has 8 heteroatoms. The third-order valence-electron chi connectivity index (χ3n) is 5.48. The van der Waals surface area contributed by atoms with Crippen LogP contribution in [0.4, 0.5) is 5.69 Å². The first-order valence-corrected chi connectivity index (χ1v) is 9.27. The molecule has 0 N–H and O–H groups in total. The monoisotopic (exact) mass is 378 g/mol. The smallest absolute Gasteiger partial charge is 0.252 e. The van der Waals surface area contributed by atoms with Crippen LogP contribution in [0.3, 0.4) is 0 Å². The molecule has 2 atom stereocenters. The van der Waals surface area contributed by atoms with Crippen LogP contribution in [-0.4, -0.2) is 44.8 Å². The fourth-order valence-electron chi connectivity index (χ4n) is 3.89. The van der Waals surface area contributed by atoms with Crippen LogP contribution >= 0.6 is 0 Å². The normalized spacial score (nSPS) is 20.4. The highest BCUT2D eigenvalue weighted by Crippen LogP contribution is 2.29. The summed E-state index contributed by atoms with van der Waals surface area (Å²) in [5.74, 6) is 0. The molecule has 1 fully saturated rings. The zero-order chi connectivity index (χ0) is 19.8. The Balaban J connectivity index is 1.71. The highest BCUT2D eigenvalue weighted by Gasteiger charge is 2.31. The molecule has 1 saturated heterocycles. The maximum atomic E-state index is 12.5. The minimum atomic E-state index is -0.0826. The second kappa shape index (κ2) is 7.09. The minimum absolute atomic E-state index is 0.0826. The van der Waals surface area contributed by atoms with E-state index in [9.17, 15) is 10.1 Å². The molecule has 8 nitrogen and oxygen atoms in total. The Hall–Kier alpha value is -3.18. The maximum absolute atomic E-state index is 12.5. The van der Waals surface area contributed by atoms with E-state index in [2.05, 4.69) is 39.9 Å². The van der Waals surface area contributed by atoms with Crippen molar-refractivity contribution >= 4 is 16.7 Å². The van der Waals surface area contributed by atoms with E-state index in [0.29, 0.717) is 11.2 Å². The van der Waals surface area contributed by atoms with Crippen LogP contribution in [0.25, 0.3) is 11.0 Å². The van der Waals surface area contributed by atoms with Crippen LogP contribution in [0.2, 0.25) is 0 Å². The van der Waals surface area contributed by atoms with Crippen LogP contribution in [0.5, 0.6) is 0 Å². The van der Waals surface area contributed by atoms with E-state index in [4.69, 9.17) is 4.52 Å². The summed E-state index contributed by atoms with van der Waals surface area (Å²) in [6.07, 6.45) is 3.41. The number of nitrogens with zero attached hydrogens (tertiary/aromatic N) is 6. The molecule has 144 valence electrons. The van der Waals surface area contributed by atoms with Crippen LogP contribution in [0.15, 0.2) is 40.0 Å². The van der Waals surface area contributed by atoms with E-state index in [0.717, 1.165) is 36.4 Å². The summed E-state index contributed by atoms with van der Waals surface area (Å²) in [4.78, 5) is 21.7. The van der Waals surface area contributed by atoms with Gasteiger partial charge >= 0.3 is 0 Å². The topological polar surface area (TPSA) is 91.2 Å². The molecule has 0 aromatic carbocycles. The highest BCUT2D eigenvalue weighted by atomic mass is 16.5. The fraction of sp³-hybridized carbons (Fsp3) is 0.400. The van der Waals surface area contributed by atoms with Gasteiger partial charge in [-0.05, 0) is 26.0 Å². The summed E-state index contributed by atoms with van der Waals surface area (Å²) < 4.78 is 6.52. The first-order valence-electron chi connectivity index (χ1n) is 9.27. The number of aromatic nitrogens is 3. The zero-order valence-electron chi connectivity index (χ0n) is 16.2. The Morgan fingerprint density at radius 3 is 2.82 bits per heavy atom. The molecular formula is C20H22N6O2. The second-order valence-corrected chi connectivity index (χ2v) is 7.42. The quantitative estimate of drug-likeness (QED) is 0.687. The van der Waals surface area contributed by atoms with Crippen molar-refractivity contribution in [3.05, 3.63) is 52.3 Å². The van der Waals surface area contributed by atoms with Crippen molar-refractivity contribution in [1.29, 1.82) is 5.26 Å². The van der Waals surface area contributed by atoms with Crippen LogP contribution in [0, 0.1) is 11.3 Å². The Morgan fingerprint density at radius 2 is 2.11 bits per heavy atom. The number of nitriles is 1. The lowest BCUT2D eigenvalue weighted by molar-refractivity contribution is 0.158. The van der Waals surface area contributed by atoms with Gasteiger partial charge in [0.2, 0.25) is 0 Å². The van der Waals surface area contributed by atoms with Crippen molar-refractivity contribution in [2.75, 3.05) is 18.0 Å². The Kier molecular flexibility index (Phi) is 4.61. The summed E-state index contributed by atoms with van der Waals surface area (Å²) in [7, 11) is 1.73. The van der Waals surface area contributed by atoms with Crippen molar-refractivity contribution in [2.45, 2.75) is 32.5 Å². The molecule has 1 unspecified atom stereocenters. The lowest BCUT2D eigenvalue weighted by Gasteiger charge is -2.45. The van der Waals surface area contributed by atoms with Gasteiger partial charge in [-0.25, -0.2) is 4.98 Å². The van der Waals surface area contributed by atoms with Crippen LogP contribution in [0.1, 0.15) is 25.1 Å². The molecule has 0 spiro atoms. The Bertz CT molecular complexity index is 1100. The van der Waals surface area contributed by atoms with Crippen molar-refractivity contribution in [3.8, 4) is 6.07 Å². The second-order valence-electron chi connectivity index (χ2n) is 7.42. The third-order valence-corrected chi connectivity index (χ3v) is 5.48. The van der Waals surface area contributed by atoms with Gasteiger partial charge in [-0.15, -0.1) is 0 Å². The Morgan fingerprint density at radius 1 is 1.29 bits per heavy atom. The standard InChI is InChI=1S/C20H22N6O2/c1-13-10-26(14(2)9-25(13)11-15-8-22-28-12-15)18-6-19(27)24(3)17-5-4-16(7-21)23-20(17)18/h4-6,8,12-14H,9-11H2,1-3H3/t13?,14-/m0/s1. The molecule has 1 aliphatic rings. The summed E-state index contributed by atoms with van der Waals surface area (Å²) in [6, 6.07) is 7.62. The van der Waals surface area contributed by atoms with Gasteiger partial charge in [-0.2, -0.15) is 5.26 Å². The average molecular weight is 378 g/mol. The largest absolute Gasteiger partial charge is 0.364 e. The van der Waals surface area contributed by atoms with Crippen LogP contribution < -0.4 is 10.5 Å². The molecule has 3 aromatic rings. The fourth-order valence-corrected chi connectivity index (χ4v) is 3.89. The molecule has 4 rings (SSSR count). The molecule has 3 aromatic heterocycles. The average Bonchev–Trinajstić information content (AvgIpc) is 3.20. The number of anilines is 1. The molecular weight excluding hydrogens is 356 g/mol. The van der Waals surface area contributed by atoms with Crippen molar-refractivity contribution in [2.24, 2.45) is 7.05 Å². The molecule has 0 amide bonds. The van der Waals surface area contributed by atoms with Crippen molar-refractivity contribution < 1.29 is 4.52 Å². The maximum Gasteiger partial charge on any atom is 0.252 e. The molecule has 4 heterocycles. The van der Waals surface area contributed by atoms with Crippen LogP contribution in [-0.2, 0) is 13.6 Å². The number of aryl methyl sites for hydroxylation is 1. The van der Waals surface area contributed by atoms with Crippen molar-refractivity contribution in [3.63, 3.8) is 0 Å². The number of pyridine rings is 2. The third kappa shape index (κ3) is 3.14. The first-order chi connectivity index (χ1) is 13.5. The lowest BCUT2D eigenvalue weighted by atomic mass is 10.1. The van der Waals surface area contributed by atoms with E-state index in [-0.39, 0.29) is 17.6 Å². The minimum Gasteiger partial charge on any atom is -0.364 e. The van der Waals surface area contributed by atoms with E-state index in [1.807, 2.05) is 0 Å². The van der Waals surface area contributed by atoms with E-state index >= 15 is 0 Å². The van der Waals surface area contributed by atoms with Gasteiger partial charge in [0.1, 0.15) is 23.5 Å². The number of piperazine rings is 1. The number of hydrogen-bond acceptors (Lipinski definition) is 7. The lowest BCUT2D eigenvalue weighted by Crippen LogP contribution is -2.56. The zero-order valence-corrected chi connectivity index (χ0v) is 16.2. The SMILES string of the molecule is CC1CN(c2cc(=O)n(C)c3ccc(C#N)nc23)[C@@H](C)CN1Cc1cnoc1. The molecule has 28 heavy (non-hydrogen) atoms. The van der Waals surface area contributed by atoms with Gasteiger partial charge in [0, 0.05) is 50.4 Å². The summed E-state index contributed by atoms with van der Waals surface area (Å²) >= 11 is 0. The summed E-state index contributed by atoms with van der Waals surface area (Å²) in [5.41, 5.74) is 3.52. The number of rotatable bonds is 3. The molecule has 0 saturated carbocycles. The molecule has 1 aliphatic heterocycles. The summed E-state index contributed by atoms with van der Waals surface area (Å²) in [6.45, 7) is 6.68. The van der Waals surface area contributed by atoms with Gasteiger partial charge < -0.3 is 14.0 Å². The van der Waals surface area contributed by atoms with Gasteiger partial charge in [0.15, 0.2) is 0 Å². The van der Waals surface area contributed by atoms with Gasteiger partial charge in [0.25, 0.3) is 5.56 Å². The Labute approximate surface area is 162 Å². The highest BCUT2D eigenvalue weighted by molar-refractivity contribution is 5.89. The van der Waals surface area contributed by atoms with E-state index < -0.39 is 0 Å². The van der Waals surface area contributed by atoms with Gasteiger partial charge in [0.05, 0.1) is 17.4 Å². The molecule has 0 aliphatic carbocycles. The summed E-state index contributed by atoms with van der Waals surface area (Å²) in [5, 5.41) is 13.0.